The van der Waals surface area contributed by atoms with Crippen LogP contribution in [0.25, 0.3) is 0 Å². The van der Waals surface area contributed by atoms with Crippen LogP contribution in [-0.2, 0) is 14.8 Å². The fraction of sp³-hybridized carbons (Fsp3) is 0.706. The third-order valence-corrected chi connectivity index (χ3v) is 7.27. The summed E-state index contributed by atoms with van der Waals surface area (Å²) in [7, 11) is -3.18. The van der Waals surface area contributed by atoms with E-state index in [-0.39, 0.29) is 17.8 Å². The Kier molecular flexibility index (Phi) is 5.57. The van der Waals surface area contributed by atoms with Gasteiger partial charge in [0.1, 0.15) is 5.82 Å². The Morgan fingerprint density at radius 2 is 1.90 bits per heavy atom. The Hall–Kier alpha value is -2.06. The highest BCUT2D eigenvalue weighted by Crippen LogP contribution is 2.28. The molecular weight excluding hydrogens is 410 g/mol. The van der Waals surface area contributed by atoms with Crippen LogP contribution in [0.2, 0.25) is 0 Å². The second-order valence-electron chi connectivity index (χ2n) is 8.20. The molecule has 4 aliphatic rings. The summed E-state index contributed by atoms with van der Waals surface area (Å²) < 4.78 is 24.9. The Balaban J connectivity index is 1.56. The third kappa shape index (κ3) is 4.21. The van der Waals surface area contributed by atoms with Crippen molar-refractivity contribution in [3.8, 4) is 0 Å². The smallest absolute Gasteiger partial charge is 0.277 e. The number of amides is 1. The highest BCUT2D eigenvalue weighted by atomic mass is 32.2. The first-order valence-electron chi connectivity index (χ1n) is 10.2. The van der Waals surface area contributed by atoms with Crippen LogP contribution in [0, 0.1) is 0 Å². The van der Waals surface area contributed by atoms with E-state index in [1.807, 2.05) is 11.1 Å². The second-order valence-corrected chi connectivity index (χ2v) is 10.2. The highest BCUT2D eigenvalue weighted by molar-refractivity contribution is 7.88. The molecule has 3 aliphatic heterocycles. The van der Waals surface area contributed by atoms with Gasteiger partial charge in [0.05, 0.1) is 6.26 Å². The molecule has 166 valence electrons. The fourth-order valence-electron chi connectivity index (χ4n) is 4.34. The van der Waals surface area contributed by atoms with Crippen LogP contribution in [0.4, 0.5) is 0 Å². The number of hydrazine groups is 1. The van der Waals surface area contributed by atoms with Crippen LogP contribution in [0.1, 0.15) is 38.5 Å². The number of aliphatic imine (C=N–C) groups is 2. The molecule has 1 aliphatic carbocycles. The van der Waals surface area contributed by atoms with Crippen LogP contribution in [0.5, 0.6) is 0 Å². The van der Waals surface area contributed by atoms with E-state index in [1.165, 1.54) is 10.6 Å². The van der Waals surface area contributed by atoms with E-state index in [0.717, 1.165) is 25.7 Å². The van der Waals surface area contributed by atoms with Crippen molar-refractivity contribution in [3.63, 3.8) is 0 Å². The molecule has 1 saturated heterocycles. The normalized spacial score (nSPS) is 29.1. The van der Waals surface area contributed by atoms with E-state index in [9.17, 15) is 13.2 Å². The largest absolute Gasteiger partial charge is 0.366 e. The lowest BCUT2D eigenvalue weighted by Gasteiger charge is -2.39. The quantitative estimate of drug-likeness (QED) is 0.187. The highest BCUT2D eigenvalue weighted by Gasteiger charge is 2.41. The summed E-state index contributed by atoms with van der Waals surface area (Å²) in [6.07, 6.45) is 8.61. The number of nitrogens with zero attached hydrogens (tertiary/aromatic N) is 4. The number of piperidine rings is 1. The minimum Gasteiger partial charge on any atom is -0.366 e. The lowest BCUT2D eigenvalue weighted by atomic mass is 10.1. The minimum atomic E-state index is -3.18. The van der Waals surface area contributed by atoms with E-state index in [0.29, 0.717) is 37.6 Å². The number of carbonyl (C=O) groups excluding carboxylic acids is 1. The van der Waals surface area contributed by atoms with Crippen LogP contribution in [0.15, 0.2) is 22.0 Å². The maximum Gasteiger partial charge on any atom is 0.277 e. The van der Waals surface area contributed by atoms with Crippen molar-refractivity contribution in [1.82, 2.24) is 25.3 Å². The van der Waals surface area contributed by atoms with Crippen LogP contribution >= 0.6 is 0 Å². The minimum absolute atomic E-state index is 0.0634. The molecule has 0 aromatic carbocycles. The number of amidine groups is 1. The number of hydrogen-bond donors (Lipinski definition) is 5. The van der Waals surface area contributed by atoms with Crippen molar-refractivity contribution in [2.75, 3.05) is 19.3 Å². The van der Waals surface area contributed by atoms with Crippen molar-refractivity contribution < 1.29 is 13.2 Å². The van der Waals surface area contributed by atoms with Gasteiger partial charge in [-0.15, -0.1) is 0 Å². The van der Waals surface area contributed by atoms with Gasteiger partial charge in [-0.2, -0.15) is 0 Å². The van der Waals surface area contributed by atoms with Gasteiger partial charge in [0.15, 0.2) is 11.5 Å². The first-order chi connectivity index (χ1) is 14.2. The van der Waals surface area contributed by atoms with Gasteiger partial charge in [-0.05, 0) is 25.7 Å². The molecule has 0 aromatic rings. The topological polar surface area (TPSA) is 171 Å². The molecule has 0 bridgehead atoms. The van der Waals surface area contributed by atoms with Crippen LogP contribution < -0.4 is 27.6 Å². The van der Waals surface area contributed by atoms with Gasteiger partial charge < -0.3 is 10.2 Å². The van der Waals surface area contributed by atoms with Crippen LogP contribution in [0.3, 0.4) is 0 Å². The summed E-state index contributed by atoms with van der Waals surface area (Å²) in [4.78, 5) is 23.6. The summed E-state index contributed by atoms with van der Waals surface area (Å²) in [5.41, 5.74) is 8.55. The van der Waals surface area contributed by atoms with Gasteiger partial charge >= 0.3 is 0 Å². The molecule has 0 spiro atoms. The van der Waals surface area contributed by atoms with Crippen LogP contribution in [-0.4, -0.2) is 72.4 Å². The molecule has 1 saturated carbocycles. The Bertz CT molecular complexity index is 901. The van der Waals surface area contributed by atoms with Crippen molar-refractivity contribution in [3.05, 3.63) is 12.0 Å². The standard InChI is InChI=1S/C17H29N9O3S/c1-30(28,29)25-8-6-11(7-9-25)20-13-10-26(12-4-2-3-5-12)15-14(21-13)16(27)23-17(18,22-15)24-19/h10-12,20,24H,2-9,18-19H2,1H3,(H,23,27). The number of nitrogens with one attached hydrogen (secondary N) is 3. The van der Waals surface area contributed by atoms with Gasteiger partial charge in [0.25, 0.3) is 11.8 Å². The van der Waals surface area contributed by atoms with E-state index in [1.54, 1.807) is 0 Å². The molecule has 0 radical (unpaired) electrons. The number of hydrogen-bond acceptors (Lipinski definition) is 10. The number of rotatable bonds is 5. The predicted molar refractivity (Wildman–Crippen MR) is 112 cm³/mol. The number of fused-ring (bicyclic) bond motifs is 1. The number of sulfonamides is 1. The van der Waals surface area contributed by atoms with E-state index < -0.39 is 21.8 Å². The van der Waals surface area contributed by atoms with E-state index in [2.05, 4.69) is 26.0 Å². The zero-order chi connectivity index (χ0) is 21.5. The van der Waals surface area contributed by atoms with E-state index in [4.69, 9.17) is 11.6 Å². The fourth-order valence-corrected chi connectivity index (χ4v) is 5.22. The second kappa shape index (κ2) is 7.89. The Labute approximate surface area is 175 Å². The molecule has 0 aromatic heterocycles. The summed E-state index contributed by atoms with van der Waals surface area (Å²) in [6.45, 7) is 0.912. The molecule has 12 nitrogen and oxygen atoms in total. The molecule has 30 heavy (non-hydrogen) atoms. The average molecular weight is 440 g/mol. The van der Waals surface area contributed by atoms with Gasteiger partial charge in [-0.3, -0.25) is 21.7 Å². The van der Waals surface area contributed by atoms with Gasteiger partial charge in [-0.25, -0.2) is 28.1 Å². The third-order valence-electron chi connectivity index (χ3n) is 5.96. The SMILES string of the molecule is CS(=O)(=O)N1CCC(NC2=CN(C3CCCC3)C3=NC(N)(NN)NC(=O)C3=N2)CC1. The summed E-state index contributed by atoms with van der Waals surface area (Å²) >= 11 is 0. The number of carbonyl (C=O) groups is 1. The predicted octanol–water partition coefficient (Wildman–Crippen LogP) is -1.94. The first kappa shape index (κ1) is 21.2. The monoisotopic (exact) mass is 439 g/mol. The lowest BCUT2D eigenvalue weighted by Crippen LogP contribution is -2.72. The van der Waals surface area contributed by atoms with Gasteiger partial charge in [0.2, 0.25) is 10.0 Å². The summed E-state index contributed by atoms with van der Waals surface area (Å²) in [6, 6.07) is 0.263. The van der Waals surface area contributed by atoms with Gasteiger partial charge in [0, 0.05) is 31.4 Å². The molecule has 4 rings (SSSR count). The summed E-state index contributed by atoms with van der Waals surface area (Å²) in [5, 5.41) is 5.90. The van der Waals surface area contributed by atoms with Crippen molar-refractivity contribution in [2.45, 2.75) is 56.5 Å². The Morgan fingerprint density at radius 1 is 1.23 bits per heavy atom. The van der Waals surface area contributed by atoms with E-state index >= 15 is 0 Å². The maximum atomic E-state index is 12.7. The lowest BCUT2D eigenvalue weighted by molar-refractivity contribution is -0.117. The molecule has 7 N–H and O–H groups in total. The molecular formula is C17H29N9O3S. The molecule has 13 heteroatoms. The number of nitrogens with two attached hydrogens (primary N) is 2. The van der Waals surface area contributed by atoms with Crippen molar-refractivity contribution >= 4 is 27.5 Å². The van der Waals surface area contributed by atoms with Crippen molar-refractivity contribution in [1.29, 1.82) is 0 Å². The summed E-state index contributed by atoms with van der Waals surface area (Å²) in [5.74, 6) is 4.41. The Morgan fingerprint density at radius 3 is 2.50 bits per heavy atom. The zero-order valence-corrected chi connectivity index (χ0v) is 17.8. The molecule has 2 fully saturated rings. The maximum absolute atomic E-state index is 12.7. The molecule has 1 atom stereocenters. The molecule has 1 amide bonds. The first-order valence-corrected chi connectivity index (χ1v) is 12.0. The van der Waals surface area contributed by atoms with Crippen molar-refractivity contribution in [2.24, 2.45) is 21.6 Å². The molecule has 1 unspecified atom stereocenters. The van der Waals surface area contributed by atoms with Gasteiger partial charge in [-0.1, -0.05) is 12.8 Å². The average Bonchev–Trinajstić information content (AvgIpc) is 3.22. The zero-order valence-electron chi connectivity index (χ0n) is 17.0. The molecule has 3 heterocycles.